The van der Waals surface area contributed by atoms with E-state index in [1.165, 1.54) is 35.1 Å². The van der Waals surface area contributed by atoms with Crippen molar-refractivity contribution in [1.29, 1.82) is 0 Å². The number of nitrogens with one attached hydrogen (secondary N) is 1. The van der Waals surface area contributed by atoms with Gasteiger partial charge in [-0.3, -0.25) is 4.79 Å². The molecule has 8 heteroatoms. The summed E-state index contributed by atoms with van der Waals surface area (Å²) in [7, 11) is 0. The van der Waals surface area contributed by atoms with E-state index in [0.29, 0.717) is 0 Å². The Morgan fingerprint density at radius 1 is 1.17 bits per heavy atom. The fraction of sp³-hybridized carbons (Fsp3) is 0. The highest BCUT2D eigenvalue weighted by atomic mass is 19.1. The molecule has 0 aliphatic carbocycles. The lowest BCUT2D eigenvalue weighted by Gasteiger charge is -2.07. The number of carbonyl (C=O) groups excluding carboxylic acids is 1. The first-order valence-corrected chi connectivity index (χ1v) is 6.85. The van der Waals surface area contributed by atoms with Crippen molar-refractivity contribution < 1.29 is 19.1 Å². The van der Waals surface area contributed by atoms with Crippen LogP contribution in [0.15, 0.2) is 55.0 Å². The molecule has 2 N–H and O–H groups in total. The first-order valence-electron chi connectivity index (χ1n) is 6.85. The summed E-state index contributed by atoms with van der Waals surface area (Å²) in [6.45, 7) is 0. The molecule has 1 aromatic carbocycles. The molecule has 2 aromatic heterocycles. The maximum atomic E-state index is 14.1. The Kier molecular flexibility index (Phi) is 4.02. The first-order chi connectivity index (χ1) is 11.5. The monoisotopic (exact) mass is 326 g/mol. The van der Waals surface area contributed by atoms with E-state index in [-0.39, 0.29) is 22.6 Å². The number of halogens is 1. The third kappa shape index (κ3) is 3.12. The van der Waals surface area contributed by atoms with Gasteiger partial charge in [0.1, 0.15) is 17.3 Å². The zero-order valence-corrected chi connectivity index (χ0v) is 12.2. The standard InChI is InChI=1S/C16H11FN4O3/c17-12-8-10(2-4-13(12)21-7-1-6-19-21)15(22)20-14-5-3-11(9-18-14)16(23)24/h1-9H,(H,23,24)(H,18,20,22). The summed E-state index contributed by atoms with van der Waals surface area (Å²) in [5, 5.41) is 15.2. The van der Waals surface area contributed by atoms with Gasteiger partial charge in [0.15, 0.2) is 0 Å². The topological polar surface area (TPSA) is 97.1 Å². The Hall–Kier alpha value is -3.55. The SMILES string of the molecule is O=C(O)c1ccc(NC(=O)c2ccc(-n3cccn3)c(F)c2)nc1. The average molecular weight is 326 g/mol. The molecule has 0 spiro atoms. The fourth-order valence-corrected chi connectivity index (χ4v) is 2.03. The molecule has 0 aliphatic heterocycles. The third-order valence-electron chi connectivity index (χ3n) is 3.21. The number of nitrogens with zero attached hydrogens (tertiary/aromatic N) is 3. The van der Waals surface area contributed by atoms with E-state index >= 15 is 0 Å². The van der Waals surface area contributed by atoms with E-state index in [1.807, 2.05) is 0 Å². The van der Waals surface area contributed by atoms with Gasteiger partial charge in [-0.15, -0.1) is 0 Å². The quantitative estimate of drug-likeness (QED) is 0.767. The fourth-order valence-electron chi connectivity index (χ4n) is 2.03. The van der Waals surface area contributed by atoms with E-state index in [4.69, 9.17) is 5.11 Å². The number of carboxylic acid groups (broad SMARTS) is 1. The number of hydrogen-bond donors (Lipinski definition) is 2. The number of rotatable bonds is 4. The van der Waals surface area contributed by atoms with Gasteiger partial charge in [-0.05, 0) is 36.4 Å². The number of carboxylic acids is 1. The molecule has 0 fully saturated rings. The molecule has 0 saturated carbocycles. The van der Waals surface area contributed by atoms with Gasteiger partial charge in [-0.1, -0.05) is 0 Å². The minimum absolute atomic E-state index is 0.00242. The molecule has 120 valence electrons. The van der Waals surface area contributed by atoms with Crippen LogP contribution in [-0.2, 0) is 0 Å². The Morgan fingerprint density at radius 2 is 1.96 bits per heavy atom. The van der Waals surface area contributed by atoms with Crippen LogP contribution in [0, 0.1) is 5.82 Å². The molecule has 3 rings (SSSR count). The van der Waals surface area contributed by atoms with Crippen molar-refractivity contribution >= 4 is 17.7 Å². The van der Waals surface area contributed by atoms with Crippen LogP contribution in [0.1, 0.15) is 20.7 Å². The van der Waals surface area contributed by atoms with Gasteiger partial charge in [0.25, 0.3) is 5.91 Å². The third-order valence-corrected chi connectivity index (χ3v) is 3.21. The van der Waals surface area contributed by atoms with Gasteiger partial charge >= 0.3 is 5.97 Å². The number of aromatic carboxylic acids is 1. The van der Waals surface area contributed by atoms with Gasteiger partial charge in [-0.2, -0.15) is 5.10 Å². The molecular weight excluding hydrogens is 315 g/mol. The Morgan fingerprint density at radius 3 is 2.54 bits per heavy atom. The van der Waals surface area contributed by atoms with Crippen LogP contribution in [0.2, 0.25) is 0 Å². The van der Waals surface area contributed by atoms with Crippen molar-refractivity contribution in [1.82, 2.24) is 14.8 Å². The molecule has 1 amide bonds. The smallest absolute Gasteiger partial charge is 0.337 e. The Labute approximate surface area is 135 Å². The summed E-state index contributed by atoms with van der Waals surface area (Å²) in [5.74, 6) is -2.10. The average Bonchev–Trinajstić information content (AvgIpc) is 3.09. The number of pyridine rings is 1. The van der Waals surface area contributed by atoms with Gasteiger partial charge in [0.2, 0.25) is 0 Å². The molecule has 0 saturated heterocycles. The predicted molar refractivity (Wildman–Crippen MR) is 82.7 cm³/mol. The predicted octanol–water partition coefficient (Wildman–Crippen LogP) is 2.36. The molecule has 0 radical (unpaired) electrons. The minimum atomic E-state index is -1.11. The number of aromatic nitrogens is 3. The summed E-state index contributed by atoms with van der Waals surface area (Å²) in [6.07, 6.45) is 4.23. The van der Waals surface area contributed by atoms with Crippen molar-refractivity contribution in [2.24, 2.45) is 0 Å². The molecule has 24 heavy (non-hydrogen) atoms. The minimum Gasteiger partial charge on any atom is -0.478 e. The van der Waals surface area contributed by atoms with Gasteiger partial charge < -0.3 is 10.4 Å². The summed E-state index contributed by atoms with van der Waals surface area (Å²) in [5.41, 5.74) is 0.329. The van der Waals surface area contributed by atoms with E-state index in [9.17, 15) is 14.0 Å². The molecule has 0 bridgehead atoms. The number of carbonyl (C=O) groups is 2. The maximum absolute atomic E-state index is 14.1. The Balaban J connectivity index is 1.78. The highest BCUT2D eigenvalue weighted by Crippen LogP contribution is 2.15. The molecule has 0 unspecified atom stereocenters. The normalized spacial score (nSPS) is 10.4. The van der Waals surface area contributed by atoms with Crippen LogP contribution in [0.5, 0.6) is 0 Å². The molecule has 0 atom stereocenters. The number of anilines is 1. The van der Waals surface area contributed by atoms with E-state index in [2.05, 4.69) is 15.4 Å². The lowest BCUT2D eigenvalue weighted by atomic mass is 10.2. The number of benzene rings is 1. The van der Waals surface area contributed by atoms with Crippen molar-refractivity contribution in [3.8, 4) is 5.69 Å². The number of hydrogen-bond acceptors (Lipinski definition) is 4. The molecular formula is C16H11FN4O3. The van der Waals surface area contributed by atoms with E-state index < -0.39 is 17.7 Å². The highest BCUT2D eigenvalue weighted by molar-refractivity contribution is 6.04. The lowest BCUT2D eigenvalue weighted by Crippen LogP contribution is -2.14. The zero-order valence-electron chi connectivity index (χ0n) is 12.2. The maximum Gasteiger partial charge on any atom is 0.337 e. The van der Waals surface area contributed by atoms with Crippen molar-refractivity contribution in [3.63, 3.8) is 0 Å². The van der Waals surface area contributed by atoms with Gasteiger partial charge in [0.05, 0.1) is 5.56 Å². The molecule has 7 nitrogen and oxygen atoms in total. The van der Waals surface area contributed by atoms with Crippen LogP contribution in [-0.4, -0.2) is 31.7 Å². The number of amides is 1. The Bertz CT molecular complexity index is 892. The summed E-state index contributed by atoms with van der Waals surface area (Å²) in [6, 6.07) is 8.33. The van der Waals surface area contributed by atoms with Crippen LogP contribution < -0.4 is 5.32 Å². The molecule has 2 heterocycles. The van der Waals surface area contributed by atoms with Gasteiger partial charge in [-0.25, -0.2) is 18.9 Å². The van der Waals surface area contributed by atoms with Crippen LogP contribution in [0.3, 0.4) is 0 Å². The summed E-state index contributed by atoms with van der Waals surface area (Å²) < 4.78 is 15.5. The summed E-state index contributed by atoms with van der Waals surface area (Å²) in [4.78, 5) is 26.7. The van der Waals surface area contributed by atoms with Crippen molar-refractivity contribution in [3.05, 3.63) is 71.9 Å². The second kappa shape index (κ2) is 6.29. The van der Waals surface area contributed by atoms with Gasteiger partial charge in [0, 0.05) is 24.2 Å². The van der Waals surface area contributed by atoms with Crippen LogP contribution in [0.4, 0.5) is 10.2 Å². The van der Waals surface area contributed by atoms with Crippen LogP contribution in [0.25, 0.3) is 5.69 Å². The summed E-state index contributed by atoms with van der Waals surface area (Å²) >= 11 is 0. The van der Waals surface area contributed by atoms with Crippen LogP contribution >= 0.6 is 0 Å². The van der Waals surface area contributed by atoms with E-state index in [1.54, 1.807) is 12.3 Å². The zero-order chi connectivity index (χ0) is 17.1. The first kappa shape index (κ1) is 15.3. The lowest BCUT2D eigenvalue weighted by molar-refractivity contribution is 0.0696. The molecule has 3 aromatic rings. The van der Waals surface area contributed by atoms with E-state index in [0.717, 1.165) is 12.3 Å². The van der Waals surface area contributed by atoms with Crippen molar-refractivity contribution in [2.45, 2.75) is 0 Å². The highest BCUT2D eigenvalue weighted by Gasteiger charge is 2.12. The second-order valence-electron chi connectivity index (χ2n) is 4.81. The molecule has 0 aliphatic rings. The largest absolute Gasteiger partial charge is 0.478 e. The second-order valence-corrected chi connectivity index (χ2v) is 4.81. The van der Waals surface area contributed by atoms with Crippen molar-refractivity contribution in [2.75, 3.05) is 5.32 Å².